The summed E-state index contributed by atoms with van der Waals surface area (Å²) in [7, 11) is 0.0632. The Morgan fingerprint density at radius 2 is 1.97 bits per heavy atom. The lowest BCUT2D eigenvalue weighted by molar-refractivity contribution is -0.114. The Bertz CT molecular complexity index is 1120. The zero-order valence-electron chi connectivity index (χ0n) is 17.1. The number of carbonyl (C=O) groups excluding carboxylic acids is 1. The highest BCUT2D eigenvalue weighted by atomic mass is 32.2. The number of nitrogens with one attached hydrogen (secondary N) is 1. The second kappa shape index (κ2) is 8.80. The fraction of sp³-hybridized carbons (Fsp3) is 0.333. The number of amidine groups is 1. The summed E-state index contributed by atoms with van der Waals surface area (Å²) in [5.41, 5.74) is 1.31. The second-order valence-corrected chi connectivity index (χ2v) is 10.6. The van der Waals surface area contributed by atoms with Crippen molar-refractivity contribution < 1.29 is 22.7 Å². The van der Waals surface area contributed by atoms with Gasteiger partial charge in [0.05, 0.1) is 37.5 Å². The topological polar surface area (TPSA) is 97.3 Å². The van der Waals surface area contributed by atoms with Crippen molar-refractivity contribution in [2.45, 2.75) is 11.3 Å². The molecule has 4 rings (SSSR count). The van der Waals surface area contributed by atoms with Crippen LogP contribution in [-0.2, 0) is 14.6 Å². The van der Waals surface area contributed by atoms with Gasteiger partial charge in [0, 0.05) is 17.0 Å². The smallest absolute Gasteiger partial charge is 0.244 e. The summed E-state index contributed by atoms with van der Waals surface area (Å²) in [5.74, 6) is 1.12. The number of ether oxygens (including phenoxy) is 2. The van der Waals surface area contributed by atoms with Crippen LogP contribution in [0, 0.1) is 0 Å². The monoisotopic (exact) mass is 461 g/mol. The van der Waals surface area contributed by atoms with E-state index < -0.39 is 9.84 Å². The molecular formula is C21H23N3O5S2. The fourth-order valence-corrected chi connectivity index (χ4v) is 7.38. The molecule has 2 aliphatic heterocycles. The first-order valence-electron chi connectivity index (χ1n) is 9.68. The Balaban J connectivity index is 1.59. The molecule has 2 aromatic carbocycles. The minimum atomic E-state index is -3.06. The van der Waals surface area contributed by atoms with Crippen LogP contribution >= 0.6 is 11.8 Å². The van der Waals surface area contributed by atoms with Crippen molar-refractivity contribution in [1.82, 2.24) is 0 Å². The number of para-hydroxylation sites is 2. The summed E-state index contributed by atoms with van der Waals surface area (Å²) >= 11 is 1.41. The van der Waals surface area contributed by atoms with Crippen LogP contribution in [-0.4, -0.2) is 63.1 Å². The number of sulfone groups is 1. The van der Waals surface area contributed by atoms with Gasteiger partial charge in [-0.2, -0.15) is 0 Å². The molecule has 10 heteroatoms. The summed E-state index contributed by atoms with van der Waals surface area (Å²) in [4.78, 5) is 19.4. The number of methoxy groups -OCH3 is 2. The van der Waals surface area contributed by atoms with Gasteiger partial charge in [-0.05, 0) is 24.3 Å². The van der Waals surface area contributed by atoms with Gasteiger partial charge in [-0.1, -0.05) is 30.0 Å². The molecule has 1 amide bonds. The van der Waals surface area contributed by atoms with Crippen LogP contribution in [0.25, 0.3) is 0 Å². The van der Waals surface area contributed by atoms with E-state index in [2.05, 4.69) is 10.3 Å². The lowest BCUT2D eigenvalue weighted by Gasteiger charge is -2.24. The third-order valence-corrected chi connectivity index (χ3v) is 8.33. The SMILES string of the molecule is COc1cccc(N(CC(=O)Nc2ccccc2OC)C2=N[C@H]3CS(=O)(=O)C[C@@H]3S2)c1. The minimum Gasteiger partial charge on any atom is -0.497 e. The molecule has 31 heavy (non-hydrogen) atoms. The van der Waals surface area contributed by atoms with Crippen LogP contribution in [0.3, 0.4) is 0 Å². The normalized spacial score (nSPS) is 21.2. The highest BCUT2D eigenvalue weighted by Crippen LogP contribution is 2.37. The molecule has 0 radical (unpaired) electrons. The van der Waals surface area contributed by atoms with Gasteiger partial charge in [-0.25, -0.2) is 8.42 Å². The fourth-order valence-electron chi connectivity index (χ4n) is 3.60. The highest BCUT2D eigenvalue weighted by Gasteiger charge is 2.44. The number of benzene rings is 2. The summed E-state index contributed by atoms with van der Waals surface area (Å²) in [6.07, 6.45) is 0. The maximum absolute atomic E-state index is 12.9. The van der Waals surface area contributed by atoms with Gasteiger partial charge >= 0.3 is 0 Å². The van der Waals surface area contributed by atoms with Gasteiger partial charge in [0.25, 0.3) is 0 Å². The van der Waals surface area contributed by atoms with Crippen molar-refractivity contribution in [2.24, 2.45) is 4.99 Å². The van der Waals surface area contributed by atoms with E-state index >= 15 is 0 Å². The van der Waals surface area contributed by atoms with E-state index in [4.69, 9.17) is 9.47 Å². The lowest BCUT2D eigenvalue weighted by Crippen LogP contribution is -2.36. The Morgan fingerprint density at radius 3 is 2.71 bits per heavy atom. The maximum Gasteiger partial charge on any atom is 0.244 e. The zero-order valence-corrected chi connectivity index (χ0v) is 18.8. The van der Waals surface area contributed by atoms with Crippen LogP contribution in [0.4, 0.5) is 11.4 Å². The van der Waals surface area contributed by atoms with Gasteiger partial charge in [-0.3, -0.25) is 9.79 Å². The van der Waals surface area contributed by atoms with Crippen LogP contribution in [0.2, 0.25) is 0 Å². The molecule has 2 atom stereocenters. The Hall–Kier alpha value is -2.72. The summed E-state index contributed by atoms with van der Waals surface area (Å²) in [6, 6.07) is 14.3. The first kappa shape index (κ1) is 21.5. The van der Waals surface area contributed by atoms with Crippen molar-refractivity contribution in [3.05, 3.63) is 48.5 Å². The number of amides is 1. The van der Waals surface area contributed by atoms with Crippen molar-refractivity contribution in [3.63, 3.8) is 0 Å². The summed E-state index contributed by atoms with van der Waals surface area (Å²) in [5, 5.41) is 3.39. The molecule has 0 saturated carbocycles. The number of rotatable bonds is 6. The number of anilines is 2. The van der Waals surface area contributed by atoms with Gasteiger partial charge in [0.2, 0.25) is 5.91 Å². The molecule has 164 valence electrons. The molecule has 0 aromatic heterocycles. The molecule has 2 heterocycles. The van der Waals surface area contributed by atoms with Crippen LogP contribution in [0.5, 0.6) is 11.5 Å². The second-order valence-electron chi connectivity index (χ2n) is 7.25. The van der Waals surface area contributed by atoms with E-state index in [1.165, 1.54) is 11.8 Å². The molecule has 2 aliphatic rings. The molecule has 0 spiro atoms. The van der Waals surface area contributed by atoms with Gasteiger partial charge < -0.3 is 19.7 Å². The first-order chi connectivity index (χ1) is 14.9. The average molecular weight is 462 g/mol. The molecule has 1 N–H and O–H groups in total. The van der Waals surface area contributed by atoms with E-state index in [1.54, 1.807) is 31.3 Å². The third-order valence-electron chi connectivity index (χ3n) is 5.08. The van der Waals surface area contributed by atoms with Crippen molar-refractivity contribution in [3.8, 4) is 11.5 Å². The number of hydrogen-bond acceptors (Lipinski definition) is 8. The van der Waals surface area contributed by atoms with Crippen molar-refractivity contribution in [1.29, 1.82) is 0 Å². The van der Waals surface area contributed by atoms with Gasteiger partial charge in [0.1, 0.15) is 18.0 Å². The quantitative estimate of drug-likeness (QED) is 0.706. The van der Waals surface area contributed by atoms with Crippen LogP contribution in [0.1, 0.15) is 0 Å². The number of carbonyl (C=O) groups is 1. The molecule has 1 saturated heterocycles. The Labute approximate surface area is 185 Å². The van der Waals surface area contributed by atoms with Crippen molar-refractivity contribution >= 4 is 44.0 Å². The van der Waals surface area contributed by atoms with Crippen molar-refractivity contribution in [2.75, 3.05) is 42.5 Å². The van der Waals surface area contributed by atoms with E-state index in [1.807, 2.05) is 36.4 Å². The Morgan fingerprint density at radius 1 is 1.16 bits per heavy atom. The molecule has 2 aromatic rings. The van der Waals surface area contributed by atoms with Gasteiger partial charge in [-0.15, -0.1) is 0 Å². The predicted molar refractivity (Wildman–Crippen MR) is 123 cm³/mol. The van der Waals surface area contributed by atoms with E-state index in [-0.39, 0.29) is 35.2 Å². The number of aliphatic imine (C=N–C) groups is 1. The van der Waals surface area contributed by atoms with E-state index in [0.29, 0.717) is 22.4 Å². The lowest BCUT2D eigenvalue weighted by atomic mass is 10.2. The number of fused-ring (bicyclic) bond motifs is 1. The number of hydrogen-bond donors (Lipinski definition) is 1. The zero-order chi connectivity index (χ0) is 22.0. The molecular weight excluding hydrogens is 438 g/mol. The van der Waals surface area contributed by atoms with Gasteiger partial charge in [0.15, 0.2) is 15.0 Å². The van der Waals surface area contributed by atoms with E-state index in [9.17, 15) is 13.2 Å². The predicted octanol–water partition coefficient (Wildman–Crippen LogP) is 2.42. The first-order valence-corrected chi connectivity index (χ1v) is 12.4. The van der Waals surface area contributed by atoms with Crippen LogP contribution in [0.15, 0.2) is 53.5 Å². The summed E-state index contributed by atoms with van der Waals surface area (Å²) < 4.78 is 34.5. The molecule has 8 nitrogen and oxygen atoms in total. The standard InChI is InChI=1S/C21H23N3O5S2/c1-28-15-7-5-6-14(10-15)24(21-23-17-12-31(26,27)13-19(17)30-21)11-20(25)22-16-8-3-4-9-18(16)29-2/h3-10,17,19H,11-13H2,1-2H3,(H,22,25)/t17-,19-/m0/s1. The summed E-state index contributed by atoms with van der Waals surface area (Å²) in [6.45, 7) is 0.00321. The maximum atomic E-state index is 12.9. The number of thioether (sulfide) groups is 1. The van der Waals surface area contributed by atoms with E-state index in [0.717, 1.165) is 5.69 Å². The largest absolute Gasteiger partial charge is 0.497 e. The molecule has 0 aliphatic carbocycles. The molecule has 1 fully saturated rings. The average Bonchev–Trinajstić information content (AvgIpc) is 3.25. The Kier molecular flexibility index (Phi) is 6.10. The highest BCUT2D eigenvalue weighted by molar-refractivity contribution is 8.15. The minimum absolute atomic E-state index is 0.00321. The molecule has 0 bridgehead atoms. The molecule has 0 unspecified atom stereocenters. The third kappa shape index (κ3) is 4.80. The number of nitrogens with zero attached hydrogens (tertiary/aromatic N) is 2. The van der Waals surface area contributed by atoms with Crippen LogP contribution < -0.4 is 19.7 Å².